The zero-order valence-electron chi connectivity index (χ0n) is 29.8. The number of hydrogen-bond donors (Lipinski definition) is 6. The third-order valence-corrected chi connectivity index (χ3v) is 9.63. The molecule has 3 aromatic carbocycles. The van der Waals surface area contributed by atoms with Crippen LogP contribution in [0.15, 0.2) is 71.7 Å². The van der Waals surface area contributed by atoms with Crippen LogP contribution in [0.25, 0.3) is 10.8 Å². The molecular formula is C39H51N7O6. The van der Waals surface area contributed by atoms with Crippen LogP contribution in [0.3, 0.4) is 0 Å². The zero-order chi connectivity index (χ0) is 37.6. The molecule has 0 aliphatic carbocycles. The van der Waals surface area contributed by atoms with Crippen molar-refractivity contribution < 1.29 is 29.1 Å². The Morgan fingerprint density at radius 2 is 1.48 bits per heavy atom. The molecule has 13 nitrogen and oxygen atoms in total. The Morgan fingerprint density at radius 3 is 2.19 bits per heavy atom. The summed E-state index contributed by atoms with van der Waals surface area (Å²) in [4.78, 5) is 74.6. The number of Topliss-reactive ketones (excluding diaryl/α,β-unsaturated/α-hetero) is 2. The predicted molar refractivity (Wildman–Crippen MR) is 200 cm³/mol. The van der Waals surface area contributed by atoms with Gasteiger partial charge < -0.3 is 37.8 Å². The number of carbonyl (C=O) groups excluding carboxylic acids is 5. The van der Waals surface area contributed by atoms with E-state index in [1.54, 1.807) is 19.2 Å². The standard InChI is InChI=1S/C39H51N7O6/c1-46-33(9-4-16-40)35(49)21-29(8-5-17-43-39(41)42)34(48)22-30(20-26-10-13-27-6-2-3-7-28(27)19-26)37(51)45-24-36(50)44-23-31(38(46)52)18-25-11-14-32(47)15-12-25/h2-3,6-7,10-15,19,29-31,33,47H,4-5,8-9,16-18,20-24,40H2,1H3,(H,44,50)(H,45,51)(H4,41,42,43)/t29-,30-,31?,33?/m1/s1. The first-order valence-corrected chi connectivity index (χ1v) is 17.8. The first kappa shape index (κ1) is 39.5. The highest BCUT2D eigenvalue weighted by Crippen LogP contribution is 2.26. The van der Waals surface area contributed by atoms with Gasteiger partial charge in [-0.2, -0.15) is 0 Å². The Bertz CT molecular complexity index is 1740. The maximum Gasteiger partial charge on any atom is 0.239 e. The number of benzene rings is 3. The van der Waals surface area contributed by atoms with Gasteiger partial charge in [-0.1, -0.05) is 54.6 Å². The average Bonchev–Trinajstić information content (AvgIpc) is 3.13. The number of nitrogens with one attached hydrogen (secondary N) is 2. The summed E-state index contributed by atoms with van der Waals surface area (Å²) in [6, 6.07) is 19.2. The van der Waals surface area contributed by atoms with Crippen molar-refractivity contribution >= 4 is 46.0 Å². The minimum atomic E-state index is -0.869. The Labute approximate surface area is 304 Å². The maximum atomic E-state index is 14.2. The Kier molecular flexibility index (Phi) is 14.7. The molecule has 278 valence electrons. The summed E-state index contributed by atoms with van der Waals surface area (Å²) in [6.07, 6.45) is 1.62. The van der Waals surface area contributed by atoms with E-state index in [2.05, 4.69) is 15.6 Å². The van der Waals surface area contributed by atoms with Gasteiger partial charge in [-0.25, -0.2) is 0 Å². The minimum absolute atomic E-state index is 0.0526. The number of rotatable bonds is 11. The normalized spacial score (nSPS) is 21.1. The molecule has 1 fully saturated rings. The van der Waals surface area contributed by atoms with E-state index < -0.39 is 35.6 Å². The molecule has 0 saturated carbocycles. The molecule has 4 rings (SSSR count). The number of phenolic OH excluding ortho intramolecular Hbond substituents is 1. The van der Waals surface area contributed by atoms with Gasteiger partial charge in [0.25, 0.3) is 0 Å². The molecule has 1 aliphatic rings. The monoisotopic (exact) mass is 713 g/mol. The number of nitrogens with zero attached hydrogens (tertiary/aromatic N) is 2. The molecule has 2 unspecified atom stereocenters. The van der Waals surface area contributed by atoms with Crippen LogP contribution in [-0.4, -0.2) is 84.5 Å². The molecule has 3 aromatic rings. The molecular weight excluding hydrogens is 662 g/mol. The number of ketones is 2. The molecule has 52 heavy (non-hydrogen) atoms. The highest BCUT2D eigenvalue weighted by atomic mass is 16.3. The van der Waals surface area contributed by atoms with Crippen molar-refractivity contribution in [3.8, 4) is 5.75 Å². The third kappa shape index (κ3) is 11.6. The van der Waals surface area contributed by atoms with E-state index in [1.807, 2.05) is 42.5 Å². The van der Waals surface area contributed by atoms with Gasteiger partial charge in [0.2, 0.25) is 17.7 Å². The number of hydrogen-bond acceptors (Lipinski definition) is 8. The van der Waals surface area contributed by atoms with Crippen LogP contribution in [0.2, 0.25) is 0 Å². The van der Waals surface area contributed by atoms with E-state index in [4.69, 9.17) is 17.2 Å². The predicted octanol–water partition coefficient (Wildman–Crippen LogP) is 1.96. The lowest BCUT2D eigenvalue weighted by Gasteiger charge is -2.32. The largest absolute Gasteiger partial charge is 0.508 e. The molecule has 0 aromatic heterocycles. The summed E-state index contributed by atoms with van der Waals surface area (Å²) in [5, 5.41) is 17.3. The Hall–Kier alpha value is -5.30. The van der Waals surface area contributed by atoms with Gasteiger partial charge in [-0.15, -0.1) is 0 Å². The number of likely N-dealkylation sites (N-methyl/N-ethyl adjacent to an activating group) is 1. The van der Waals surface area contributed by atoms with Crippen molar-refractivity contribution in [1.82, 2.24) is 15.5 Å². The highest BCUT2D eigenvalue weighted by molar-refractivity contribution is 5.95. The molecule has 4 atom stereocenters. The number of amides is 3. The number of guanidine groups is 1. The number of phenols is 1. The highest BCUT2D eigenvalue weighted by Gasteiger charge is 2.35. The van der Waals surface area contributed by atoms with E-state index in [0.717, 1.165) is 21.9 Å². The lowest BCUT2D eigenvalue weighted by atomic mass is 9.83. The fourth-order valence-corrected chi connectivity index (χ4v) is 6.72. The molecule has 0 spiro atoms. The van der Waals surface area contributed by atoms with E-state index in [1.165, 1.54) is 17.0 Å². The second-order valence-electron chi connectivity index (χ2n) is 13.6. The van der Waals surface area contributed by atoms with Crippen LogP contribution in [-0.2, 0) is 36.8 Å². The van der Waals surface area contributed by atoms with Crippen molar-refractivity contribution in [3.63, 3.8) is 0 Å². The van der Waals surface area contributed by atoms with Crippen LogP contribution < -0.4 is 27.8 Å². The van der Waals surface area contributed by atoms with E-state index in [9.17, 15) is 29.1 Å². The summed E-state index contributed by atoms with van der Waals surface area (Å²) >= 11 is 0. The van der Waals surface area contributed by atoms with Crippen LogP contribution in [0.1, 0.15) is 49.7 Å². The van der Waals surface area contributed by atoms with Gasteiger partial charge in [-0.05, 0) is 79.1 Å². The van der Waals surface area contributed by atoms with Crippen LogP contribution in [0, 0.1) is 17.8 Å². The summed E-state index contributed by atoms with van der Waals surface area (Å²) in [5.74, 6) is -4.26. The third-order valence-electron chi connectivity index (χ3n) is 9.63. The maximum absolute atomic E-state index is 14.2. The fraction of sp³-hybridized carbons (Fsp3) is 0.436. The summed E-state index contributed by atoms with van der Waals surface area (Å²) in [7, 11) is 1.56. The van der Waals surface area contributed by atoms with Gasteiger partial charge >= 0.3 is 0 Å². The van der Waals surface area contributed by atoms with Gasteiger partial charge in [-0.3, -0.25) is 29.0 Å². The van der Waals surface area contributed by atoms with Crippen molar-refractivity contribution in [2.75, 3.05) is 33.2 Å². The van der Waals surface area contributed by atoms with Crippen molar-refractivity contribution in [2.24, 2.45) is 39.9 Å². The number of fused-ring (bicyclic) bond motifs is 1. The first-order valence-electron chi connectivity index (χ1n) is 17.8. The number of aliphatic imine (C=N–C) groups is 1. The molecule has 1 saturated heterocycles. The number of aromatic hydroxyl groups is 1. The smallest absolute Gasteiger partial charge is 0.239 e. The van der Waals surface area contributed by atoms with Crippen molar-refractivity contribution in [3.05, 3.63) is 77.9 Å². The van der Waals surface area contributed by atoms with Crippen molar-refractivity contribution in [2.45, 2.75) is 57.4 Å². The SMILES string of the molecule is CN1C(=O)C(Cc2ccc(O)cc2)CNC(=O)CNC(=O)[C@H](Cc2ccc3ccccc3c2)CC(=O)[C@H](CCCN=C(N)N)CC(=O)C1CCCN. The lowest BCUT2D eigenvalue weighted by molar-refractivity contribution is -0.142. The van der Waals surface area contributed by atoms with Gasteiger partial charge in [0.15, 0.2) is 11.7 Å². The second kappa shape index (κ2) is 19.3. The number of nitrogens with two attached hydrogens (primary N) is 3. The molecule has 0 bridgehead atoms. The molecule has 1 heterocycles. The first-order chi connectivity index (χ1) is 24.9. The lowest BCUT2D eigenvalue weighted by Crippen LogP contribution is -2.49. The zero-order valence-corrected chi connectivity index (χ0v) is 29.8. The van der Waals surface area contributed by atoms with Crippen LogP contribution >= 0.6 is 0 Å². The van der Waals surface area contributed by atoms with E-state index in [0.29, 0.717) is 25.8 Å². The summed E-state index contributed by atoms with van der Waals surface area (Å²) in [6.45, 7) is 0.148. The second-order valence-corrected chi connectivity index (χ2v) is 13.6. The van der Waals surface area contributed by atoms with Gasteiger partial charge in [0, 0.05) is 44.8 Å². The summed E-state index contributed by atoms with van der Waals surface area (Å²) < 4.78 is 0. The molecule has 1 aliphatic heterocycles. The van der Waals surface area contributed by atoms with E-state index >= 15 is 0 Å². The van der Waals surface area contributed by atoms with Crippen molar-refractivity contribution in [1.29, 1.82) is 0 Å². The molecule has 13 heteroatoms. The Morgan fingerprint density at radius 1 is 0.808 bits per heavy atom. The minimum Gasteiger partial charge on any atom is -0.508 e. The number of carbonyl (C=O) groups is 5. The van der Waals surface area contributed by atoms with Crippen LogP contribution in [0.4, 0.5) is 0 Å². The quantitative estimate of drug-likeness (QED) is 0.0970. The fourth-order valence-electron chi connectivity index (χ4n) is 6.72. The summed E-state index contributed by atoms with van der Waals surface area (Å²) in [5.41, 5.74) is 18.5. The van der Waals surface area contributed by atoms with Gasteiger partial charge in [0.1, 0.15) is 11.5 Å². The van der Waals surface area contributed by atoms with E-state index in [-0.39, 0.29) is 80.9 Å². The molecule has 0 radical (unpaired) electrons. The van der Waals surface area contributed by atoms with Crippen LogP contribution in [0.5, 0.6) is 5.75 Å². The molecule has 3 amide bonds. The molecule has 9 N–H and O–H groups in total. The average molecular weight is 714 g/mol. The van der Waals surface area contributed by atoms with Gasteiger partial charge in [0.05, 0.1) is 18.5 Å². The topological polar surface area (TPSA) is 223 Å². The Balaban J connectivity index is 1.68.